The number of rotatable bonds is 3. The third-order valence-electron chi connectivity index (χ3n) is 2.51. The van der Waals surface area contributed by atoms with Crippen molar-refractivity contribution in [1.82, 2.24) is 10.2 Å². The Bertz CT molecular complexity index is 403. The number of thioether (sulfide) groups is 1. The van der Waals surface area contributed by atoms with Crippen molar-refractivity contribution in [3.63, 3.8) is 0 Å². The molecule has 0 saturated heterocycles. The largest absolute Gasteiger partial charge is 0.149 e. The Morgan fingerprint density at radius 3 is 2.25 bits per heavy atom. The van der Waals surface area contributed by atoms with E-state index in [0.29, 0.717) is 0 Å². The smallest absolute Gasteiger partial charge is 0.119 e. The SMILES string of the molecule is CCc1ccc(-c2ccc(SC)nn2)cc1. The first-order valence-electron chi connectivity index (χ1n) is 5.30. The van der Waals surface area contributed by atoms with Gasteiger partial charge >= 0.3 is 0 Å². The molecule has 0 unspecified atom stereocenters. The van der Waals surface area contributed by atoms with Gasteiger partial charge in [0.05, 0.1) is 5.69 Å². The van der Waals surface area contributed by atoms with Crippen LogP contribution in [0.25, 0.3) is 11.3 Å². The third-order valence-corrected chi connectivity index (χ3v) is 3.14. The molecule has 0 radical (unpaired) electrons. The highest BCUT2D eigenvalue weighted by molar-refractivity contribution is 7.98. The van der Waals surface area contributed by atoms with Crippen LogP contribution in [0.1, 0.15) is 12.5 Å². The van der Waals surface area contributed by atoms with E-state index in [1.807, 2.05) is 18.4 Å². The minimum absolute atomic E-state index is 0.931. The van der Waals surface area contributed by atoms with E-state index in [2.05, 4.69) is 41.4 Å². The Morgan fingerprint density at radius 2 is 1.75 bits per heavy atom. The molecule has 0 fully saturated rings. The van der Waals surface area contributed by atoms with E-state index in [1.54, 1.807) is 11.8 Å². The van der Waals surface area contributed by atoms with Gasteiger partial charge in [0.1, 0.15) is 5.03 Å². The minimum Gasteiger partial charge on any atom is -0.149 e. The number of aromatic nitrogens is 2. The molecule has 0 N–H and O–H groups in total. The highest BCUT2D eigenvalue weighted by Gasteiger charge is 2.00. The molecule has 0 aliphatic carbocycles. The van der Waals surface area contributed by atoms with Gasteiger partial charge in [-0.3, -0.25) is 0 Å². The van der Waals surface area contributed by atoms with Crippen LogP contribution in [0.2, 0.25) is 0 Å². The summed E-state index contributed by atoms with van der Waals surface area (Å²) in [5, 5.41) is 9.29. The fraction of sp³-hybridized carbons (Fsp3) is 0.231. The lowest BCUT2D eigenvalue weighted by atomic mass is 10.1. The molecule has 0 bridgehead atoms. The zero-order valence-corrected chi connectivity index (χ0v) is 10.3. The molecule has 0 saturated carbocycles. The Hall–Kier alpha value is -1.35. The van der Waals surface area contributed by atoms with Crippen LogP contribution in [0.3, 0.4) is 0 Å². The lowest BCUT2D eigenvalue weighted by Crippen LogP contribution is -1.89. The predicted octanol–water partition coefficient (Wildman–Crippen LogP) is 3.43. The monoisotopic (exact) mass is 230 g/mol. The molecule has 0 atom stereocenters. The number of nitrogens with zero attached hydrogens (tertiary/aromatic N) is 2. The summed E-state index contributed by atoms with van der Waals surface area (Å²) in [4.78, 5) is 0. The van der Waals surface area contributed by atoms with Crippen molar-refractivity contribution in [2.75, 3.05) is 6.26 Å². The maximum absolute atomic E-state index is 4.20. The van der Waals surface area contributed by atoms with Gasteiger partial charge in [-0.2, -0.15) is 0 Å². The summed E-state index contributed by atoms with van der Waals surface area (Å²) in [6.45, 7) is 2.15. The van der Waals surface area contributed by atoms with Crippen LogP contribution in [0, 0.1) is 0 Å². The Morgan fingerprint density at radius 1 is 1.00 bits per heavy atom. The number of hydrogen-bond acceptors (Lipinski definition) is 3. The summed E-state index contributed by atoms with van der Waals surface area (Å²) in [5.41, 5.74) is 3.40. The second-order valence-electron chi connectivity index (χ2n) is 3.51. The van der Waals surface area contributed by atoms with E-state index in [0.717, 1.165) is 22.7 Å². The Balaban J connectivity index is 2.28. The molecule has 2 aromatic rings. The summed E-state index contributed by atoms with van der Waals surface area (Å²) >= 11 is 1.61. The highest BCUT2D eigenvalue weighted by Crippen LogP contribution is 2.19. The van der Waals surface area contributed by atoms with Gasteiger partial charge in [0.25, 0.3) is 0 Å². The van der Waals surface area contributed by atoms with Crippen LogP contribution in [0.15, 0.2) is 41.4 Å². The molecule has 16 heavy (non-hydrogen) atoms. The summed E-state index contributed by atoms with van der Waals surface area (Å²) in [6, 6.07) is 12.5. The number of hydrogen-bond donors (Lipinski definition) is 0. The van der Waals surface area contributed by atoms with Crippen molar-refractivity contribution < 1.29 is 0 Å². The van der Waals surface area contributed by atoms with E-state index in [1.165, 1.54) is 5.56 Å². The third kappa shape index (κ3) is 2.42. The van der Waals surface area contributed by atoms with E-state index < -0.39 is 0 Å². The maximum Gasteiger partial charge on any atom is 0.119 e. The molecule has 1 heterocycles. The molecular formula is C13H14N2S. The van der Waals surface area contributed by atoms with Crippen molar-refractivity contribution in [2.45, 2.75) is 18.4 Å². The summed E-state index contributed by atoms with van der Waals surface area (Å²) in [5.74, 6) is 0. The van der Waals surface area contributed by atoms with Crippen molar-refractivity contribution in [3.05, 3.63) is 42.0 Å². The van der Waals surface area contributed by atoms with Crippen LogP contribution >= 0.6 is 11.8 Å². The van der Waals surface area contributed by atoms with Crippen LogP contribution < -0.4 is 0 Å². The molecule has 2 rings (SSSR count). The van der Waals surface area contributed by atoms with E-state index >= 15 is 0 Å². The molecule has 82 valence electrons. The van der Waals surface area contributed by atoms with Gasteiger partial charge in [0.2, 0.25) is 0 Å². The van der Waals surface area contributed by atoms with Gasteiger partial charge in [-0.05, 0) is 30.4 Å². The van der Waals surface area contributed by atoms with Crippen molar-refractivity contribution in [2.24, 2.45) is 0 Å². The molecule has 0 spiro atoms. The predicted molar refractivity (Wildman–Crippen MR) is 68.6 cm³/mol. The lowest BCUT2D eigenvalue weighted by Gasteiger charge is -2.02. The summed E-state index contributed by atoms with van der Waals surface area (Å²) < 4.78 is 0. The molecular weight excluding hydrogens is 216 g/mol. The molecule has 2 nitrogen and oxygen atoms in total. The number of aryl methyl sites for hydroxylation is 1. The van der Waals surface area contributed by atoms with E-state index in [-0.39, 0.29) is 0 Å². The molecule has 0 amide bonds. The van der Waals surface area contributed by atoms with Gasteiger partial charge in [-0.15, -0.1) is 22.0 Å². The van der Waals surface area contributed by atoms with E-state index in [4.69, 9.17) is 0 Å². The zero-order chi connectivity index (χ0) is 11.4. The molecule has 1 aromatic heterocycles. The van der Waals surface area contributed by atoms with Crippen molar-refractivity contribution in [1.29, 1.82) is 0 Å². The first-order valence-corrected chi connectivity index (χ1v) is 6.53. The van der Waals surface area contributed by atoms with Crippen molar-refractivity contribution >= 4 is 11.8 Å². The summed E-state index contributed by atoms with van der Waals surface area (Å²) in [6.07, 6.45) is 3.07. The fourth-order valence-electron chi connectivity index (χ4n) is 1.49. The molecule has 1 aromatic carbocycles. The normalized spacial score (nSPS) is 10.4. The minimum atomic E-state index is 0.931. The topological polar surface area (TPSA) is 25.8 Å². The van der Waals surface area contributed by atoms with Gasteiger partial charge in [0, 0.05) is 5.56 Å². The molecule has 0 aliphatic rings. The number of benzene rings is 1. The Labute approximate surface area is 100 Å². The maximum atomic E-state index is 4.20. The van der Waals surface area contributed by atoms with Crippen molar-refractivity contribution in [3.8, 4) is 11.3 Å². The quantitative estimate of drug-likeness (QED) is 0.755. The van der Waals surface area contributed by atoms with Crippen LogP contribution in [0.4, 0.5) is 0 Å². The zero-order valence-electron chi connectivity index (χ0n) is 9.47. The van der Waals surface area contributed by atoms with Crippen LogP contribution in [-0.2, 0) is 6.42 Å². The van der Waals surface area contributed by atoms with Crippen LogP contribution in [0.5, 0.6) is 0 Å². The molecule has 0 aliphatic heterocycles. The highest BCUT2D eigenvalue weighted by atomic mass is 32.2. The van der Waals surface area contributed by atoms with Crippen LogP contribution in [-0.4, -0.2) is 16.5 Å². The summed E-state index contributed by atoms with van der Waals surface area (Å²) in [7, 11) is 0. The lowest BCUT2D eigenvalue weighted by molar-refractivity contribution is 0.937. The molecule has 3 heteroatoms. The fourth-order valence-corrected chi connectivity index (χ4v) is 1.82. The second-order valence-corrected chi connectivity index (χ2v) is 4.34. The van der Waals surface area contributed by atoms with Gasteiger partial charge < -0.3 is 0 Å². The first-order chi connectivity index (χ1) is 7.83. The van der Waals surface area contributed by atoms with E-state index in [9.17, 15) is 0 Å². The van der Waals surface area contributed by atoms with Gasteiger partial charge in [-0.1, -0.05) is 31.2 Å². The van der Waals surface area contributed by atoms with Gasteiger partial charge in [0.15, 0.2) is 0 Å². The second kappa shape index (κ2) is 5.12. The standard InChI is InChI=1S/C13H14N2S/c1-3-10-4-6-11(7-5-10)12-8-9-13(16-2)15-14-12/h4-9H,3H2,1-2H3. The first kappa shape index (κ1) is 11.1. The van der Waals surface area contributed by atoms with Gasteiger partial charge in [-0.25, -0.2) is 0 Å². The average Bonchev–Trinajstić information content (AvgIpc) is 2.39. The Kier molecular flexibility index (Phi) is 3.57. The average molecular weight is 230 g/mol.